The van der Waals surface area contributed by atoms with Crippen molar-refractivity contribution in [2.75, 3.05) is 30.6 Å². The van der Waals surface area contributed by atoms with Crippen LogP contribution in [-0.4, -0.2) is 30.2 Å². The molecule has 1 aliphatic carbocycles. The van der Waals surface area contributed by atoms with Gasteiger partial charge in [0.15, 0.2) is 11.6 Å². The molecule has 1 fully saturated rings. The molecule has 1 aromatic heterocycles. The van der Waals surface area contributed by atoms with Gasteiger partial charge in [-0.05, 0) is 25.0 Å². The maximum atomic E-state index is 6.33. The number of nitrogen functional groups attached to an aromatic ring is 1. The SMILES string of the molecule is COc1ccc(OC)c(Nc2ncnc(NC3CCCCCC3)c2N)c1. The molecule has 2 aromatic rings. The molecule has 1 aliphatic rings. The zero-order valence-corrected chi connectivity index (χ0v) is 15.4. The van der Waals surface area contributed by atoms with Gasteiger partial charge in [-0.3, -0.25) is 0 Å². The average Bonchev–Trinajstić information content (AvgIpc) is 2.93. The van der Waals surface area contributed by atoms with Crippen LogP contribution in [0.3, 0.4) is 0 Å². The molecule has 1 saturated carbocycles. The first-order chi connectivity index (χ1) is 12.7. The Morgan fingerprint density at radius 2 is 1.73 bits per heavy atom. The van der Waals surface area contributed by atoms with Gasteiger partial charge in [-0.1, -0.05) is 25.7 Å². The van der Waals surface area contributed by atoms with Crippen LogP contribution < -0.4 is 25.8 Å². The third-order valence-corrected chi connectivity index (χ3v) is 4.74. The molecule has 7 heteroatoms. The van der Waals surface area contributed by atoms with Crippen LogP contribution in [0.4, 0.5) is 23.0 Å². The molecule has 0 amide bonds. The van der Waals surface area contributed by atoms with E-state index in [1.54, 1.807) is 14.2 Å². The van der Waals surface area contributed by atoms with E-state index in [9.17, 15) is 0 Å². The average molecular weight is 357 g/mol. The van der Waals surface area contributed by atoms with E-state index in [4.69, 9.17) is 15.2 Å². The summed E-state index contributed by atoms with van der Waals surface area (Å²) in [7, 11) is 3.24. The molecule has 1 aromatic carbocycles. The number of nitrogens with two attached hydrogens (primary N) is 1. The number of aromatic nitrogens is 2. The molecule has 0 aliphatic heterocycles. The summed E-state index contributed by atoms with van der Waals surface area (Å²) in [5.74, 6) is 2.62. The van der Waals surface area contributed by atoms with Crippen molar-refractivity contribution in [3.05, 3.63) is 24.5 Å². The van der Waals surface area contributed by atoms with Crippen LogP contribution >= 0.6 is 0 Å². The fourth-order valence-corrected chi connectivity index (χ4v) is 3.27. The van der Waals surface area contributed by atoms with Gasteiger partial charge in [0, 0.05) is 12.1 Å². The molecule has 1 heterocycles. The van der Waals surface area contributed by atoms with Crippen LogP contribution in [0.5, 0.6) is 11.5 Å². The van der Waals surface area contributed by atoms with Crippen molar-refractivity contribution in [2.45, 2.75) is 44.6 Å². The van der Waals surface area contributed by atoms with E-state index in [0.29, 0.717) is 29.1 Å². The van der Waals surface area contributed by atoms with Crippen molar-refractivity contribution in [2.24, 2.45) is 0 Å². The molecule has 26 heavy (non-hydrogen) atoms. The Labute approximate surface area is 154 Å². The van der Waals surface area contributed by atoms with E-state index < -0.39 is 0 Å². The molecule has 0 bridgehead atoms. The predicted molar refractivity (Wildman–Crippen MR) is 104 cm³/mol. The van der Waals surface area contributed by atoms with Gasteiger partial charge >= 0.3 is 0 Å². The zero-order chi connectivity index (χ0) is 18.4. The molecule has 0 saturated heterocycles. The topological polar surface area (TPSA) is 94.3 Å². The minimum Gasteiger partial charge on any atom is -0.497 e. The number of nitrogens with zero attached hydrogens (tertiary/aromatic N) is 2. The Kier molecular flexibility index (Phi) is 5.99. The largest absolute Gasteiger partial charge is 0.497 e. The van der Waals surface area contributed by atoms with Gasteiger partial charge < -0.3 is 25.8 Å². The first-order valence-corrected chi connectivity index (χ1v) is 9.07. The van der Waals surface area contributed by atoms with Crippen molar-refractivity contribution in [1.82, 2.24) is 9.97 Å². The fourth-order valence-electron chi connectivity index (χ4n) is 3.27. The van der Waals surface area contributed by atoms with Gasteiger partial charge in [0.2, 0.25) is 0 Å². The van der Waals surface area contributed by atoms with Crippen LogP contribution in [0.25, 0.3) is 0 Å². The number of anilines is 4. The summed E-state index contributed by atoms with van der Waals surface area (Å²) < 4.78 is 10.7. The second kappa shape index (κ2) is 8.60. The number of methoxy groups -OCH3 is 2. The lowest BCUT2D eigenvalue weighted by molar-refractivity contribution is 0.405. The van der Waals surface area contributed by atoms with Crippen molar-refractivity contribution in [3.8, 4) is 11.5 Å². The summed E-state index contributed by atoms with van der Waals surface area (Å²) in [6.45, 7) is 0. The molecule has 7 nitrogen and oxygen atoms in total. The summed E-state index contributed by atoms with van der Waals surface area (Å²) in [5.41, 5.74) is 7.56. The maximum Gasteiger partial charge on any atom is 0.159 e. The van der Waals surface area contributed by atoms with Gasteiger partial charge in [-0.25, -0.2) is 9.97 Å². The van der Waals surface area contributed by atoms with Crippen LogP contribution in [-0.2, 0) is 0 Å². The minimum atomic E-state index is 0.411. The molecular weight excluding hydrogens is 330 g/mol. The number of nitrogens with one attached hydrogen (secondary N) is 2. The van der Waals surface area contributed by atoms with Gasteiger partial charge in [0.05, 0.1) is 19.9 Å². The molecule has 0 atom stereocenters. The molecule has 0 radical (unpaired) electrons. The van der Waals surface area contributed by atoms with Crippen molar-refractivity contribution in [1.29, 1.82) is 0 Å². The second-order valence-corrected chi connectivity index (χ2v) is 6.51. The minimum absolute atomic E-state index is 0.411. The lowest BCUT2D eigenvalue weighted by atomic mass is 10.1. The summed E-state index contributed by atoms with van der Waals surface area (Å²) in [6.07, 6.45) is 8.92. The van der Waals surface area contributed by atoms with Crippen LogP contribution in [0, 0.1) is 0 Å². The third-order valence-electron chi connectivity index (χ3n) is 4.74. The van der Waals surface area contributed by atoms with Gasteiger partial charge in [-0.15, -0.1) is 0 Å². The Balaban J connectivity index is 1.81. The number of benzene rings is 1. The highest BCUT2D eigenvalue weighted by Gasteiger charge is 2.16. The lowest BCUT2D eigenvalue weighted by Crippen LogP contribution is -2.20. The normalized spacial score (nSPS) is 15.2. The first kappa shape index (κ1) is 18.1. The molecule has 0 unspecified atom stereocenters. The summed E-state index contributed by atoms with van der Waals surface area (Å²) >= 11 is 0. The lowest BCUT2D eigenvalue weighted by Gasteiger charge is -2.19. The van der Waals surface area contributed by atoms with Crippen molar-refractivity contribution < 1.29 is 9.47 Å². The number of hydrogen-bond donors (Lipinski definition) is 3. The van der Waals surface area contributed by atoms with E-state index in [-0.39, 0.29) is 0 Å². The molecule has 140 valence electrons. The van der Waals surface area contributed by atoms with Crippen molar-refractivity contribution in [3.63, 3.8) is 0 Å². The quantitative estimate of drug-likeness (QED) is 0.674. The highest BCUT2D eigenvalue weighted by molar-refractivity contribution is 5.79. The van der Waals surface area contributed by atoms with E-state index in [1.807, 2.05) is 18.2 Å². The Hall–Kier alpha value is -2.70. The third kappa shape index (κ3) is 4.28. The fraction of sp³-hybridized carbons (Fsp3) is 0.474. The summed E-state index contributed by atoms with van der Waals surface area (Å²) in [6, 6.07) is 5.93. The second-order valence-electron chi connectivity index (χ2n) is 6.51. The summed E-state index contributed by atoms with van der Waals surface area (Å²) in [5, 5.41) is 6.73. The molecular formula is C19H27N5O2. The van der Waals surface area contributed by atoms with Crippen molar-refractivity contribution >= 4 is 23.0 Å². The van der Waals surface area contributed by atoms with Crippen LogP contribution in [0.1, 0.15) is 38.5 Å². The maximum absolute atomic E-state index is 6.33. The van der Waals surface area contributed by atoms with Crippen LogP contribution in [0.15, 0.2) is 24.5 Å². The Bertz CT molecular complexity index is 730. The van der Waals surface area contributed by atoms with E-state index in [0.717, 1.165) is 24.3 Å². The van der Waals surface area contributed by atoms with E-state index >= 15 is 0 Å². The first-order valence-electron chi connectivity index (χ1n) is 9.07. The molecule has 0 spiro atoms. The number of ether oxygens (including phenoxy) is 2. The molecule has 4 N–H and O–H groups in total. The summed E-state index contributed by atoms with van der Waals surface area (Å²) in [4.78, 5) is 8.63. The van der Waals surface area contributed by atoms with Gasteiger partial charge in [-0.2, -0.15) is 0 Å². The van der Waals surface area contributed by atoms with Crippen LogP contribution in [0.2, 0.25) is 0 Å². The predicted octanol–water partition coefficient (Wildman–Crippen LogP) is 3.95. The standard InChI is InChI=1S/C19H27N5O2/c1-25-14-9-10-16(26-2)15(11-14)24-19-17(20)18(21-12-22-19)23-13-7-5-3-4-6-8-13/h9-13H,3-8,20H2,1-2H3,(H2,21,22,23,24). The Morgan fingerprint density at radius 3 is 2.42 bits per heavy atom. The zero-order valence-electron chi connectivity index (χ0n) is 15.4. The highest BCUT2D eigenvalue weighted by atomic mass is 16.5. The van der Waals surface area contributed by atoms with Gasteiger partial charge in [0.1, 0.15) is 23.5 Å². The smallest absolute Gasteiger partial charge is 0.159 e. The van der Waals surface area contributed by atoms with E-state index in [1.165, 1.54) is 32.0 Å². The monoisotopic (exact) mass is 357 g/mol. The number of rotatable bonds is 6. The number of hydrogen-bond acceptors (Lipinski definition) is 7. The molecule has 3 rings (SSSR count). The van der Waals surface area contributed by atoms with E-state index in [2.05, 4.69) is 20.6 Å². The Morgan fingerprint density at radius 1 is 1.00 bits per heavy atom. The highest BCUT2D eigenvalue weighted by Crippen LogP contribution is 2.34. The van der Waals surface area contributed by atoms with Gasteiger partial charge in [0.25, 0.3) is 0 Å².